The zero-order chi connectivity index (χ0) is 20.1. The molecule has 0 fully saturated rings. The highest BCUT2D eigenvalue weighted by atomic mass is 79.9. The van der Waals surface area contributed by atoms with Crippen LogP contribution in [0.25, 0.3) is 0 Å². The molecule has 0 unspecified atom stereocenters. The van der Waals surface area contributed by atoms with Crippen LogP contribution in [0.3, 0.4) is 0 Å². The second-order valence-corrected chi connectivity index (χ2v) is 8.99. The Morgan fingerprint density at radius 2 is 1.79 bits per heavy atom. The molecule has 0 aliphatic rings. The molecule has 3 rings (SSSR count). The quantitative estimate of drug-likeness (QED) is 0.572. The molecule has 1 heterocycles. The van der Waals surface area contributed by atoms with Gasteiger partial charge in [0.2, 0.25) is 0 Å². The van der Waals surface area contributed by atoms with Crippen LogP contribution in [0.5, 0.6) is 5.75 Å². The van der Waals surface area contributed by atoms with Crippen molar-refractivity contribution in [3.8, 4) is 5.75 Å². The van der Waals surface area contributed by atoms with E-state index in [0.29, 0.717) is 11.3 Å². The smallest absolute Gasteiger partial charge is 0.251 e. The minimum absolute atomic E-state index is 0.118. The Balaban J connectivity index is 1.85. The molecule has 0 aliphatic carbocycles. The van der Waals surface area contributed by atoms with Gasteiger partial charge < -0.3 is 14.5 Å². The van der Waals surface area contributed by atoms with E-state index >= 15 is 0 Å². The number of nitrogens with one attached hydrogen (secondary N) is 1. The number of halogens is 1. The number of rotatable bonds is 7. The molecule has 8 heteroatoms. The van der Waals surface area contributed by atoms with Crippen molar-refractivity contribution in [1.82, 2.24) is 5.32 Å². The van der Waals surface area contributed by atoms with Crippen LogP contribution >= 0.6 is 15.9 Å². The molecule has 0 saturated carbocycles. The highest BCUT2D eigenvalue weighted by molar-refractivity contribution is 9.10. The van der Waals surface area contributed by atoms with Crippen molar-refractivity contribution in [2.45, 2.75) is 10.1 Å². The van der Waals surface area contributed by atoms with Crippen LogP contribution < -0.4 is 10.1 Å². The van der Waals surface area contributed by atoms with Crippen molar-refractivity contribution in [2.75, 3.05) is 13.7 Å². The molecule has 2 aromatic carbocycles. The SMILES string of the molecule is COc1ccc(S(=O)(=O)[C@@H](CNC(=O)c2ccc(Br)cc2)c2ccco2)cc1. The number of hydrogen-bond acceptors (Lipinski definition) is 5. The standard InChI is InChI=1S/C20H18BrNO5S/c1-26-16-8-10-17(11-9-16)28(24,25)19(18-3-2-12-27-18)13-22-20(23)14-4-6-15(21)7-5-14/h2-12,19H,13H2,1H3,(H,22,23)/t19-/m0/s1. The van der Waals surface area contributed by atoms with Crippen molar-refractivity contribution in [3.63, 3.8) is 0 Å². The molecular formula is C20H18BrNO5S. The summed E-state index contributed by atoms with van der Waals surface area (Å²) < 4.78 is 37.6. The highest BCUT2D eigenvalue weighted by Gasteiger charge is 2.32. The first-order chi connectivity index (χ1) is 13.4. The van der Waals surface area contributed by atoms with Crippen molar-refractivity contribution < 1.29 is 22.4 Å². The lowest BCUT2D eigenvalue weighted by molar-refractivity contribution is 0.0953. The van der Waals surface area contributed by atoms with Gasteiger partial charge in [0.15, 0.2) is 9.84 Å². The van der Waals surface area contributed by atoms with Crippen LogP contribution in [0.1, 0.15) is 21.4 Å². The summed E-state index contributed by atoms with van der Waals surface area (Å²) >= 11 is 3.31. The Morgan fingerprint density at radius 1 is 1.11 bits per heavy atom. The van der Waals surface area contributed by atoms with Crippen LogP contribution in [0.2, 0.25) is 0 Å². The second-order valence-electron chi connectivity index (χ2n) is 5.94. The van der Waals surface area contributed by atoms with Gasteiger partial charge in [-0.05, 0) is 60.7 Å². The molecule has 1 N–H and O–H groups in total. The Labute approximate surface area is 171 Å². The van der Waals surface area contributed by atoms with Gasteiger partial charge in [-0.1, -0.05) is 15.9 Å². The zero-order valence-electron chi connectivity index (χ0n) is 15.0. The molecule has 28 heavy (non-hydrogen) atoms. The van der Waals surface area contributed by atoms with E-state index in [1.807, 2.05) is 0 Å². The molecule has 0 radical (unpaired) electrons. The molecule has 3 aromatic rings. The first-order valence-corrected chi connectivity index (χ1v) is 10.7. The average molecular weight is 464 g/mol. The molecule has 0 bridgehead atoms. The van der Waals surface area contributed by atoms with E-state index in [1.165, 1.54) is 25.5 Å². The topological polar surface area (TPSA) is 85.6 Å². The lowest BCUT2D eigenvalue weighted by Gasteiger charge is -2.17. The first-order valence-electron chi connectivity index (χ1n) is 8.37. The Morgan fingerprint density at radius 3 is 2.36 bits per heavy atom. The fourth-order valence-electron chi connectivity index (χ4n) is 2.66. The number of hydrogen-bond donors (Lipinski definition) is 1. The van der Waals surface area contributed by atoms with Crippen molar-refractivity contribution >= 4 is 31.7 Å². The van der Waals surface area contributed by atoms with E-state index in [-0.39, 0.29) is 23.1 Å². The zero-order valence-corrected chi connectivity index (χ0v) is 17.4. The van der Waals surface area contributed by atoms with Gasteiger partial charge in [0, 0.05) is 16.6 Å². The molecule has 1 amide bonds. The normalized spacial score (nSPS) is 12.4. The minimum atomic E-state index is -3.81. The molecule has 0 spiro atoms. The van der Waals surface area contributed by atoms with Gasteiger partial charge in [0.1, 0.15) is 16.8 Å². The van der Waals surface area contributed by atoms with E-state index < -0.39 is 15.1 Å². The predicted octanol–water partition coefficient (Wildman–Crippen LogP) is 4.00. The van der Waals surface area contributed by atoms with Crippen LogP contribution in [0.4, 0.5) is 0 Å². The number of carbonyl (C=O) groups is 1. The first kappa shape index (κ1) is 20.2. The summed E-state index contributed by atoms with van der Waals surface area (Å²) in [5.74, 6) is 0.443. The summed E-state index contributed by atoms with van der Waals surface area (Å²) in [6, 6.07) is 16.1. The third-order valence-electron chi connectivity index (χ3n) is 4.18. The third-order valence-corrected chi connectivity index (χ3v) is 6.78. The summed E-state index contributed by atoms with van der Waals surface area (Å²) in [5, 5.41) is 1.63. The number of carbonyl (C=O) groups excluding carboxylic acids is 1. The van der Waals surface area contributed by atoms with Gasteiger partial charge in [-0.3, -0.25) is 4.79 Å². The van der Waals surface area contributed by atoms with Crippen molar-refractivity contribution in [1.29, 1.82) is 0 Å². The van der Waals surface area contributed by atoms with Crippen LogP contribution in [-0.4, -0.2) is 28.0 Å². The molecular weight excluding hydrogens is 446 g/mol. The molecule has 1 aromatic heterocycles. The van der Waals surface area contributed by atoms with E-state index in [0.717, 1.165) is 4.47 Å². The maximum Gasteiger partial charge on any atom is 0.251 e. The average Bonchev–Trinajstić information content (AvgIpc) is 3.22. The lowest BCUT2D eigenvalue weighted by Crippen LogP contribution is -2.31. The van der Waals surface area contributed by atoms with E-state index in [1.54, 1.807) is 48.5 Å². The lowest BCUT2D eigenvalue weighted by atomic mass is 10.2. The predicted molar refractivity (Wildman–Crippen MR) is 108 cm³/mol. The highest BCUT2D eigenvalue weighted by Crippen LogP contribution is 2.30. The maximum atomic E-state index is 13.2. The monoisotopic (exact) mass is 463 g/mol. The van der Waals surface area contributed by atoms with E-state index in [2.05, 4.69) is 21.2 Å². The van der Waals surface area contributed by atoms with Gasteiger partial charge >= 0.3 is 0 Å². The number of methoxy groups -OCH3 is 1. The number of furan rings is 1. The molecule has 1 atom stereocenters. The van der Waals surface area contributed by atoms with Crippen LogP contribution in [0.15, 0.2) is 80.7 Å². The van der Waals surface area contributed by atoms with Crippen molar-refractivity contribution in [2.24, 2.45) is 0 Å². The van der Waals surface area contributed by atoms with Crippen LogP contribution in [-0.2, 0) is 9.84 Å². The van der Waals surface area contributed by atoms with Crippen molar-refractivity contribution in [3.05, 3.63) is 82.7 Å². The summed E-state index contributed by atoms with van der Waals surface area (Å²) in [5.41, 5.74) is 0.434. The van der Waals surface area contributed by atoms with Gasteiger partial charge in [-0.15, -0.1) is 0 Å². The number of amides is 1. The second kappa shape index (κ2) is 8.62. The number of ether oxygens (including phenoxy) is 1. The Bertz CT molecular complexity index is 1030. The number of benzene rings is 2. The molecule has 0 saturated heterocycles. The summed E-state index contributed by atoms with van der Waals surface area (Å²) in [4.78, 5) is 12.5. The number of sulfone groups is 1. The minimum Gasteiger partial charge on any atom is -0.497 e. The van der Waals surface area contributed by atoms with Gasteiger partial charge in [-0.25, -0.2) is 8.42 Å². The Kier molecular flexibility index (Phi) is 6.21. The molecule has 146 valence electrons. The van der Waals surface area contributed by atoms with Gasteiger partial charge in [0.25, 0.3) is 5.91 Å². The fraction of sp³-hybridized carbons (Fsp3) is 0.150. The summed E-state index contributed by atoms with van der Waals surface area (Å²) in [7, 11) is -2.30. The van der Waals surface area contributed by atoms with Gasteiger partial charge in [-0.2, -0.15) is 0 Å². The summed E-state index contributed by atoms with van der Waals surface area (Å²) in [6.07, 6.45) is 1.41. The van der Waals surface area contributed by atoms with Gasteiger partial charge in [0.05, 0.1) is 18.3 Å². The third kappa shape index (κ3) is 4.45. The largest absolute Gasteiger partial charge is 0.497 e. The van der Waals surface area contributed by atoms with E-state index in [4.69, 9.17) is 9.15 Å². The van der Waals surface area contributed by atoms with Crippen LogP contribution in [0, 0.1) is 0 Å². The molecule has 0 aliphatic heterocycles. The summed E-state index contributed by atoms with van der Waals surface area (Å²) in [6.45, 7) is -0.128. The van der Waals surface area contributed by atoms with E-state index in [9.17, 15) is 13.2 Å². The maximum absolute atomic E-state index is 13.2. The Hall–Kier alpha value is -2.58. The molecule has 6 nitrogen and oxygen atoms in total. The fourth-order valence-corrected chi connectivity index (χ4v) is 4.51.